The first-order chi connectivity index (χ1) is 9.22. The maximum absolute atomic E-state index is 5.74. The van der Waals surface area contributed by atoms with Crippen LogP contribution in [0.3, 0.4) is 0 Å². The number of halogens is 1. The molecule has 2 aromatic rings. The molecule has 0 saturated heterocycles. The third-order valence-corrected chi connectivity index (χ3v) is 3.50. The number of rotatable bonds is 6. The summed E-state index contributed by atoms with van der Waals surface area (Å²) in [4.78, 5) is 4.45. The summed E-state index contributed by atoms with van der Waals surface area (Å²) in [5, 5.41) is 4.04. The second kappa shape index (κ2) is 6.82. The van der Waals surface area contributed by atoms with E-state index in [1.165, 1.54) is 0 Å². The first kappa shape index (κ1) is 14.2. The van der Waals surface area contributed by atoms with Gasteiger partial charge in [0.1, 0.15) is 0 Å². The largest absolute Gasteiger partial charge is 0.339 e. The van der Waals surface area contributed by atoms with Crippen LogP contribution in [0.25, 0.3) is 0 Å². The molecule has 1 heterocycles. The number of hydrogen-bond donors (Lipinski definition) is 1. The Morgan fingerprint density at radius 2 is 2.26 bits per heavy atom. The van der Waals surface area contributed by atoms with Crippen molar-refractivity contribution >= 4 is 15.9 Å². The predicted molar refractivity (Wildman–Crippen MR) is 77.9 cm³/mol. The molecule has 0 fully saturated rings. The van der Waals surface area contributed by atoms with E-state index >= 15 is 0 Å². The first-order valence-corrected chi connectivity index (χ1v) is 7.29. The minimum atomic E-state index is 0.175. The predicted octanol–water partition coefficient (Wildman–Crippen LogP) is 3.27. The average Bonchev–Trinajstić information content (AvgIpc) is 2.84. The number of aromatic nitrogens is 2. The summed E-state index contributed by atoms with van der Waals surface area (Å²) in [6, 6.07) is 8.10. The minimum absolute atomic E-state index is 0.175. The zero-order valence-corrected chi connectivity index (χ0v) is 12.6. The molecule has 1 aromatic heterocycles. The molecule has 2 N–H and O–H groups in total. The molecular formula is C14H18BrN3O. The van der Waals surface area contributed by atoms with E-state index in [-0.39, 0.29) is 5.92 Å². The average molecular weight is 324 g/mol. The van der Waals surface area contributed by atoms with Crippen LogP contribution in [-0.2, 0) is 6.42 Å². The summed E-state index contributed by atoms with van der Waals surface area (Å²) in [6.45, 7) is 2.67. The van der Waals surface area contributed by atoms with Gasteiger partial charge in [-0.3, -0.25) is 0 Å². The van der Waals surface area contributed by atoms with Gasteiger partial charge in [0, 0.05) is 17.4 Å². The highest BCUT2D eigenvalue weighted by molar-refractivity contribution is 9.10. The van der Waals surface area contributed by atoms with Crippen LogP contribution in [0.2, 0.25) is 0 Å². The van der Waals surface area contributed by atoms with Gasteiger partial charge in [-0.1, -0.05) is 46.6 Å². The Balaban J connectivity index is 2.08. The third kappa shape index (κ3) is 3.88. The summed E-state index contributed by atoms with van der Waals surface area (Å²) in [5.74, 6) is 1.55. The summed E-state index contributed by atoms with van der Waals surface area (Å²) >= 11 is 3.45. The maximum Gasteiger partial charge on any atom is 0.231 e. The van der Waals surface area contributed by atoms with Crippen molar-refractivity contribution in [1.29, 1.82) is 0 Å². The van der Waals surface area contributed by atoms with E-state index in [0.29, 0.717) is 24.7 Å². The van der Waals surface area contributed by atoms with Crippen LogP contribution in [0.15, 0.2) is 33.3 Å². The van der Waals surface area contributed by atoms with E-state index in [9.17, 15) is 0 Å². The second-order valence-corrected chi connectivity index (χ2v) is 5.49. The fourth-order valence-electron chi connectivity index (χ4n) is 2.03. The van der Waals surface area contributed by atoms with Crippen LogP contribution in [0.5, 0.6) is 0 Å². The summed E-state index contributed by atoms with van der Waals surface area (Å²) in [6.07, 6.45) is 2.71. The molecule has 19 heavy (non-hydrogen) atoms. The number of hydrogen-bond acceptors (Lipinski definition) is 4. The van der Waals surface area contributed by atoms with Gasteiger partial charge in [-0.05, 0) is 24.1 Å². The lowest BCUT2D eigenvalue weighted by atomic mass is 10.0. The quantitative estimate of drug-likeness (QED) is 0.886. The molecule has 102 valence electrons. The highest BCUT2D eigenvalue weighted by Gasteiger charge is 2.16. The van der Waals surface area contributed by atoms with Gasteiger partial charge in [-0.15, -0.1) is 0 Å². The molecule has 1 aromatic carbocycles. The van der Waals surface area contributed by atoms with Gasteiger partial charge in [-0.2, -0.15) is 4.98 Å². The van der Waals surface area contributed by atoms with Crippen LogP contribution < -0.4 is 5.73 Å². The van der Waals surface area contributed by atoms with E-state index < -0.39 is 0 Å². The van der Waals surface area contributed by atoms with E-state index in [0.717, 1.165) is 22.9 Å². The molecule has 2 rings (SSSR count). The van der Waals surface area contributed by atoms with E-state index in [2.05, 4.69) is 39.1 Å². The Kier molecular flexibility index (Phi) is 5.10. The highest BCUT2D eigenvalue weighted by atomic mass is 79.9. The van der Waals surface area contributed by atoms with E-state index in [4.69, 9.17) is 10.3 Å². The normalized spacial score (nSPS) is 12.6. The van der Waals surface area contributed by atoms with Gasteiger partial charge in [0.2, 0.25) is 5.89 Å². The van der Waals surface area contributed by atoms with Crippen LogP contribution in [0.4, 0.5) is 0 Å². The standard InChI is InChI=1S/C14H18BrN3O/c1-2-4-11(9-16)14-17-13(18-19-14)8-10-5-3-6-12(15)7-10/h3,5-7,11H,2,4,8-9,16H2,1H3. The van der Waals surface area contributed by atoms with E-state index in [1.54, 1.807) is 0 Å². The van der Waals surface area contributed by atoms with Gasteiger partial charge in [0.15, 0.2) is 5.82 Å². The molecule has 4 nitrogen and oxygen atoms in total. The van der Waals surface area contributed by atoms with Crippen molar-refractivity contribution in [3.8, 4) is 0 Å². The van der Waals surface area contributed by atoms with Crippen molar-refractivity contribution in [2.75, 3.05) is 6.54 Å². The maximum atomic E-state index is 5.74. The molecule has 0 aliphatic rings. The van der Waals surface area contributed by atoms with Gasteiger partial charge < -0.3 is 10.3 Å². The minimum Gasteiger partial charge on any atom is -0.339 e. The lowest BCUT2D eigenvalue weighted by molar-refractivity contribution is 0.344. The third-order valence-electron chi connectivity index (χ3n) is 3.01. The van der Waals surface area contributed by atoms with Crippen molar-refractivity contribution in [2.45, 2.75) is 32.1 Å². The van der Waals surface area contributed by atoms with Crippen molar-refractivity contribution < 1.29 is 4.52 Å². The van der Waals surface area contributed by atoms with Gasteiger partial charge in [0.05, 0.1) is 5.92 Å². The number of nitrogens with two attached hydrogens (primary N) is 1. The van der Waals surface area contributed by atoms with Gasteiger partial charge in [-0.25, -0.2) is 0 Å². The Morgan fingerprint density at radius 3 is 2.95 bits per heavy atom. The molecule has 1 unspecified atom stereocenters. The molecular weight excluding hydrogens is 306 g/mol. The van der Waals surface area contributed by atoms with Crippen LogP contribution in [-0.4, -0.2) is 16.7 Å². The summed E-state index contributed by atoms with van der Waals surface area (Å²) < 4.78 is 6.37. The number of benzene rings is 1. The molecule has 0 spiro atoms. The van der Waals surface area contributed by atoms with Crippen LogP contribution in [0.1, 0.15) is 43.0 Å². The Morgan fingerprint density at radius 1 is 1.42 bits per heavy atom. The molecule has 0 amide bonds. The van der Waals surface area contributed by atoms with Gasteiger partial charge >= 0.3 is 0 Å². The molecule has 0 radical (unpaired) electrons. The van der Waals surface area contributed by atoms with Crippen molar-refractivity contribution in [1.82, 2.24) is 10.1 Å². The summed E-state index contributed by atoms with van der Waals surface area (Å²) in [5.41, 5.74) is 6.89. The molecule has 5 heteroatoms. The fraction of sp³-hybridized carbons (Fsp3) is 0.429. The van der Waals surface area contributed by atoms with Crippen molar-refractivity contribution in [2.24, 2.45) is 5.73 Å². The number of nitrogens with zero attached hydrogens (tertiary/aromatic N) is 2. The smallest absolute Gasteiger partial charge is 0.231 e. The first-order valence-electron chi connectivity index (χ1n) is 6.50. The van der Waals surface area contributed by atoms with Crippen LogP contribution in [0, 0.1) is 0 Å². The molecule has 0 saturated carbocycles. The molecule has 0 aliphatic heterocycles. The van der Waals surface area contributed by atoms with Crippen LogP contribution >= 0.6 is 15.9 Å². The van der Waals surface area contributed by atoms with Crippen molar-refractivity contribution in [3.63, 3.8) is 0 Å². The lowest BCUT2D eigenvalue weighted by Gasteiger charge is -2.06. The Labute approximate surface area is 121 Å². The zero-order valence-electron chi connectivity index (χ0n) is 11.0. The summed E-state index contributed by atoms with van der Waals surface area (Å²) in [7, 11) is 0. The zero-order chi connectivity index (χ0) is 13.7. The topological polar surface area (TPSA) is 64.9 Å². The lowest BCUT2D eigenvalue weighted by Crippen LogP contribution is -2.12. The molecule has 0 bridgehead atoms. The monoisotopic (exact) mass is 323 g/mol. The fourth-order valence-corrected chi connectivity index (χ4v) is 2.47. The highest BCUT2D eigenvalue weighted by Crippen LogP contribution is 2.19. The molecule has 1 atom stereocenters. The Hall–Kier alpha value is -1.20. The van der Waals surface area contributed by atoms with E-state index in [1.807, 2.05) is 18.2 Å². The Bertz CT molecular complexity index is 527. The molecule has 0 aliphatic carbocycles. The second-order valence-electron chi connectivity index (χ2n) is 4.58. The SMILES string of the molecule is CCCC(CN)c1nc(Cc2cccc(Br)c2)no1. The van der Waals surface area contributed by atoms with Crippen molar-refractivity contribution in [3.05, 3.63) is 46.0 Å². The van der Waals surface area contributed by atoms with Gasteiger partial charge in [0.25, 0.3) is 0 Å².